The Labute approximate surface area is 127 Å². The van der Waals surface area contributed by atoms with Crippen LogP contribution in [-0.2, 0) is 21.1 Å². The lowest BCUT2D eigenvalue weighted by Crippen LogP contribution is -2.00. The van der Waals surface area contributed by atoms with E-state index in [0.717, 1.165) is 11.8 Å². The van der Waals surface area contributed by atoms with Crippen molar-refractivity contribution in [2.24, 2.45) is 0 Å². The monoisotopic (exact) mass is 324 g/mol. The summed E-state index contributed by atoms with van der Waals surface area (Å²) in [6, 6.07) is 11.5. The van der Waals surface area contributed by atoms with Crippen LogP contribution in [0.5, 0.6) is 0 Å². The van der Waals surface area contributed by atoms with E-state index in [4.69, 9.17) is 16.7 Å². The van der Waals surface area contributed by atoms with Crippen molar-refractivity contribution in [3.05, 3.63) is 53.1 Å². The molecule has 0 aliphatic carbocycles. The van der Waals surface area contributed by atoms with Gasteiger partial charge in [-0.05, 0) is 34.9 Å². The molecule has 0 radical (unpaired) electrons. The standard InChI is InChI=1S/C15H13ClO4S/c1-21(19,20)13-4-2-3-10(7-13)11-5-6-12(9-15(17)18)14(16)8-11/h2-8H,9H2,1H3,(H,17,18). The van der Waals surface area contributed by atoms with Gasteiger partial charge in [-0.15, -0.1) is 0 Å². The van der Waals surface area contributed by atoms with Gasteiger partial charge < -0.3 is 5.11 Å². The zero-order valence-electron chi connectivity index (χ0n) is 11.2. The summed E-state index contributed by atoms with van der Waals surface area (Å²) in [6.45, 7) is 0. The smallest absolute Gasteiger partial charge is 0.307 e. The quantitative estimate of drug-likeness (QED) is 0.938. The van der Waals surface area contributed by atoms with Crippen molar-refractivity contribution in [3.63, 3.8) is 0 Å². The van der Waals surface area contributed by atoms with Crippen molar-refractivity contribution >= 4 is 27.4 Å². The molecule has 2 aromatic rings. The molecule has 0 saturated carbocycles. The summed E-state index contributed by atoms with van der Waals surface area (Å²) < 4.78 is 23.1. The summed E-state index contributed by atoms with van der Waals surface area (Å²) in [4.78, 5) is 10.9. The highest BCUT2D eigenvalue weighted by Crippen LogP contribution is 2.27. The zero-order valence-corrected chi connectivity index (χ0v) is 12.8. The van der Waals surface area contributed by atoms with Crippen LogP contribution in [0.3, 0.4) is 0 Å². The highest BCUT2D eigenvalue weighted by Gasteiger charge is 2.10. The van der Waals surface area contributed by atoms with E-state index in [1.165, 1.54) is 6.07 Å². The Kier molecular flexibility index (Phi) is 4.34. The van der Waals surface area contributed by atoms with Gasteiger partial charge in [0, 0.05) is 11.3 Å². The molecular weight excluding hydrogens is 312 g/mol. The second kappa shape index (κ2) is 5.87. The number of aliphatic carboxylic acids is 1. The summed E-state index contributed by atoms with van der Waals surface area (Å²) in [5, 5.41) is 9.13. The van der Waals surface area contributed by atoms with Crippen LogP contribution in [0, 0.1) is 0 Å². The van der Waals surface area contributed by atoms with Crippen LogP contribution < -0.4 is 0 Å². The van der Waals surface area contributed by atoms with Crippen LogP contribution in [0.2, 0.25) is 5.02 Å². The summed E-state index contributed by atoms with van der Waals surface area (Å²) in [6.07, 6.45) is 0.998. The number of benzene rings is 2. The van der Waals surface area contributed by atoms with Gasteiger partial charge in [0.1, 0.15) is 0 Å². The Bertz CT molecular complexity index is 797. The zero-order chi connectivity index (χ0) is 15.6. The van der Waals surface area contributed by atoms with E-state index in [1.54, 1.807) is 36.4 Å². The summed E-state index contributed by atoms with van der Waals surface area (Å²) in [5.41, 5.74) is 1.97. The fourth-order valence-corrected chi connectivity index (χ4v) is 2.85. The lowest BCUT2D eigenvalue weighted by atomic mass is 10.0. The molecule has 0 saturated heterocycles. The number of carboxylic acids is 1. The van der Waals surface area contributed by atoms with Gasteiger partial charge in [-0.1, -0.05) is 35.9 Å². The molecule has 0 aliphatic heterocycles. The molecule has 4 nitrogen and oxygen atoms in total. The Morgan fingerprint density at radius 3 is 2.38 bits per heavy atom. The van der Waals surface area contributed by atoms with E-state index >= 15 is 0 Å². The predicted molar refractivity (Wildman–Crippen MR) is 81.3 cm³/mol. The van der Waals surface area contributed by atoms with E-state index in [2.05, 4.69) is 0 Å². The molecule has 110 valence electrons. The number of sulfone groups is 1. The molecule has 0 bridgehead atoms. The maximum absolute atomic E-state index is 11.6. The van der Waals surface area contributed by atoms with E-state index in [1.807, 2.05) is 0 Å². The van der Waals surface area contributed by atoms with Crippen molar-refractivity contribution < 1.29 is 18.3 Å². The maximum Gasteiger partial charge on any atom is 0.307 e. The van der Waals surface area contributed by atoms with E-state index in [-0.39, 0.29) is 11.3 Å². The highest BCUT2D eigenvalue weighted by atomic mass is 35.5. The van der Waals surface area contributed by atoms with E-state index in [0.29, 0.717) is 16.1 Å². The van der Waals surface area contributed by atoms with Crippen molar-refractivity contribution in [3.8, 4) is 11.1 Å². The lowest BCUT2D eigenvalue weighted by molar-refractivity contribution is -0.136. The molecule has 2 aromatic carbocycles. The number of carboxylic acid groups (broad SMARTS) is 1. The van der Waals surface area contributed by atoms with Gasteiger partial charge in [0.15, 0.2) is 9.84 Å². The predicted octanol–water partition coefficient (Wildman–Crippen LogP) is 3.04. The van der Waals surface area contributed by atoms with Gasteiger partial charge >= 0.3 is 5.97 Å². The van der Waals surface area contributed by atoms with Crippen molar-refractivity contribution in [1.82, 2.24) is 0 Å². The van der Waals surface area contributed by atoms with Crippen molar-refractivity contribution in [2.45, 2.75) is 11.3 Å². The Balaban J connectivity index is 2.44. The molecule has 1 N–H and O–H groups in total. The highest BCUT2D eigenvalue weighted by molar-refractivity contribution is 7.90. The molecule has 0 aliphatic rings. The minimum atomic E-state index is -3.28. The van der Waals surface area contributed by atoms with Crippen LogP contribution in [-0.4, -0.2) is 25.7 Å². The normalized spacial score (nSPS) is 11.3. The van der Waals surface area contributed by atoms with Gasteiger partial charge in [0.05, 0.1) is 11.3 Å². The van der Waals surface area contributed by atoms with Gasteiger partial charge in [-0.3, -0.25) is 4.79 Å². The third-order valence-corrected chi connectivity index (χ3v) is 4.45. The molecule has 2 rings (SSSR count). The molecule has 0 atom stereocenters. The Hall–Kier alpha value is -1.85. The first-order valence-electron chi connectivity index (χ1n) is 6.08. The number of hydrogen-bond donors (Lipinski definition) is 1. The second-order valence-electron chi connectivity index (χ2n) is 4.68. The third-order valence-electron chi connectivity index (χ3n) is 2.99. The number of rotatable bonds is 4. The summed E-state index contributed by atoms with van der Waals surface area (Å²) in [7, 11) is -3.28. The molecule has 21 heavy (non-hydrogen) atoms. The number of carbonyl (C=O) groups is 1. The SMILES string of the molecule is CS(=O)(=O)c1cccc(-c2ccc(CC(=O)O)c(Cl)c2)c1. The van der Waals surface area contributed by atoms with Crippen LogP contribution in [0.4, 0.5) is 0 Å². The molecule has 0 amide bonds. The second-order valence-corrected chi connectivity index (χ2v) is 7.10. The largest absolute Gasteiger partial charge is 0.481 e. The van der Waals surface area contributed by atoms with Gasteiger partial charge in [-0.25, -0.2) is 8.42 Å². The van der Waals surface area contributed by atoms with Gasteiger partial charge in [0.25, 0.3) is 0 Å². The van der Waals surface area contributed by atoms with Crippen LogP contribution in [0.15, 0.2) is 47.4 Å². The molecular formula is C15H13ClO4S. The van der Waals surface area contributed by atoms with E-state index < -0.39 is 15.8 Å². The number of hydrogen-bond acceptors (Lipinski definition) is 3. The molecule has 6 heteroatoms. The average molecular weight is 325 g/mol. The average Bonchev–Trinajstić information content (AvgIpc) is 2.40. The molecule has 0 heterocycles. The lowest BCUT2D eigenvalue weighted by Gasteiger charge is -2.07. The fraction of sp³-hybridized carbons (Fsp3) is 0.133. The first kappa shape index (κ1) is 15.5. The first-order chi connectivity index (χ1) is 9.77. The van der Waals surface area contributed by atoms with Gasteiger partial charge in [0.2, 0.25) is 0 Å². The van der Waals surface area contributed by atoms with Crippen molar-refractivity contribution in [2.75, 3.05) is 6.26 Å². The minimum absolute atomic E-state index is 0.150. The number of halogens is 1. The van der Waals surface area contributed by atoms with Crippen LogP contribution in [0.25, 0.3) is 11.1 Å². The Morgan fingerprint density at radius 2 is 1.81 bits per heavy atom. The fourth-order valence-electron chi connectivity index (χ4n) is 1.94. The minimum Gasteiger partial charge on any atom is -0.481 e. The van der Waals surface area contributed by atoms with Crippen LogP contribution in [0.1, 0.15) is 5.56 Å². The van der Waals surface area contributed by atoms with E-state index in [9.17, 15) is 13.2 Å². The third kappa shape index (κ3) is 3.83. The van der Waals surface area contributed by atoms with Crippen molar-refractivity contribution in [1.29, 1.82) is 0 Å². The van der Waals surface area contributed by atoms with Gasteiger partial charge in [-0.2, -0.15) is 0 Å². The van der Waals surface area contributed by atoms with Crippen LogP contribution >= 0.6 is 11.6 Å². The maximum atomic E-state index is 11.6. The summed E-state index contributed by atoms with van der Waals surface area (Å²) >= 11 is 6.07. The molecule has 0 fully saturated rings. The molecule has 0 aromatic heterocycles. The summed E-state index contributed by atoms with van der Waals surface area (Å²) in [5.74, 6) is -0.955. The first-order valence-corrected chi connectivity index (χ1v) is 8.35. The molecule has 0 spiro atoms. The Morgan fingerprint density at radius 1 is 1.14 bits per heavy atom. The topological polar surface area (TPSA) is 71.4 Å². The molecule has 0 unspecified atom stereocenters.